The normalized spacial score (nSPS) is 20.9. The van der Waals surface area contributed by atoms with Gasteiger partial charge in [0.25, 0.3) is 0 Å². The van der Waals surface area contributed by atoms with Crippen LogP contribution in [0.25, 0.3) is 11.5 Å². The number of nitrogens with one attached hydrogen (secondary N) is 2. The number of hydrogen-bond acceptors (Lipinski definition) is 6. The first-order chi connectivity index (χ1) is 14.6. The zero-order chi connectivity index (χ0) is 20.7. The summed E-state index contributed by atoms with van der Waals surface area (Å²) in [4.78, 5) is 19.3. The van der Waals surface area contributed by atoms with E-state index >= 15 is 0 Å². The highest BCUT2D eigenvalue weighted by Gasteiger charge is 2.35. The Labute approximate surface area is 183 Å². The predicted octanol–water partition coefficient (Wildman–Crippen LogP) is 2.60. The molecule has 2 unspecified atom stereocenters. The van der Waals surface area contributed by atoms with Crippen LogP contribution in [0.3, 0.4) is 0 Å². The topological polar surface area (TPSA) is 88.0 Å². The van der Waals surface area contributed by atoms with Crippen molar-refractivity contribution in [1.29, 1.82) is 0 Å². The van der Waals surface area contributed by atoms with Crippen molar-refractivity contribution in [3.63, 3.8) is 0 Å². The van der Waals surface area contributed by atoms with Gasteiger partial charge in [-0.25, -0.2) is 10.9 Å². The summed E-state index contributed by atoms with van der Waals surface area (Å²) < 4.78 is 2.03. The van der Waals surface area contributed by atoms with E-state index in [1.165, 1.54) is 0 Å². The number of aromatic nitrogens is 4. The van der Waals surface area contributed by atoms with Crippen molar-refractivity contribution in [2.24, 2.45) is 0 Å². The fraction of sp³-hybridized carbons (Fsp3) is 0.300. The van der Waals surface area contributed by atoms with E-state index < -0.39 is 0 Å². The second kappa shape index (κ2) is 7.96. The van der Waals surface area contributed by atoms with Crippen LogP contribution in [0.5, 0.6) is 0 Å². The molecule has 1 fully saturated rings. The van der Waals surface area contributed by atoms with E-state index in [1.807, 2.05) is 33.7 Å². The molecule has 1 saturated heterocycles. The lowest BCUT2D eigenvalue weighted by atomic mass is 10.0. The molecule has 0 spiro atoms. The molecule has 0 bridgehead atoms. The minimum atomic E-state index is -0.341. The Morgan fingerprint density at radius 2 is 2.00 bits per heavy atom. The minimum absolute atomic E-state index is 0.0312. The Bertz CT molecular complexity index is 1090. The van der Waals surface area contributed by atoms with Gasteiger partial charge in [-0.2, -0.15) is 0 Å². The van der Waals surface area contributed by atoms with Gasteiger partial charge >= 0.3 is 0 Å². The van der Waals surface area contributed by atoms with Gasteiger partial charge in [0.15, 0.2) is 11.6 Å². The van der Waals surface area contributed by atoms with Crippen LogP contribution in [0.1, 0.15) is 23.9 Å². The van der Waals surface area contributed by atoms with Gasteiger partial charge in [-0.3, -0.25) is 9.78 Å². The van der Waals surface area contributed by atoms with E-state index in [9.17, 15) is 4.79 Å². The van der Waals surface area contributed by atoms with Crippen molar-refractivity contribution in [1.82, 2.24) is 35.5 Å². The van der Waals surface area contributed by atoms with E-state index in [4.69, 9.17) is 23.2 Å². The quantitative estimate of drug-likeness (QED) is 0.646. The average Bonchev–Trinajstić information content (AvgIpc) is 3.41. The van der Waals surface area contributed by atoms with Crippen molar-refractivity contribution < 1.29 is 4.79 Å². The zero-order valence-electron chi connectivity index (χ0n) is 15.9. The summed E-state index contributed by atoms with van der Waals surface area (Å²) in [6.07, 6.45) is 2.33. The van der Waals surface area contributed by atoms with Gasteiger partial charge in [0.05, 0.1) is 6.54 Å². The van der Waals surface area contributed by atoms with Gasteiger partial charge in [0.2, 0.25) is 5.91 Å². The number of hydrogen-bond donors (Lipinski definition) is 2. The van der Waals surface area contributed by atoms with Gasteiger partial charge < -0.3 is 9.47 Å². The highest BCUT2D eigenvalue weighted by Crippen LogP contribution is 2.31. The lowest BCUT2D eigenvalue weighted by Crippen LogP contribution is -2.48. The maximum atomic E-state index is 13.1. The first-order valence-corrected chi connectivity index (χ1v) is 10.4. The third-order valence-corrected chi connectivity index (χ3v) is 6.06. The summed E-state index contributed by atoms with van der Waals surface area (Å²) in [6, 6.07) is 10.7. The number of rotatable bonds is 3. The maximum Gasteiger partial charge on any atom is 0.241 e. The van der Waals surface area contributed by atoms with Crippen molar-refractivity contribution >= 4 is 29.1 Å². The molecular formula is C20H19Cl2N7O. The number of fused-ring (bicyclic) bond motifs is 1. The third-order valence-electron chi connectivity index (χ3n) is 5.50. The molecule has 10 heteroatoms. The maximum absolute atomic E-state index is 13.1. The minimum Gasteiger partial charge on any atom is -0.332 e. The lowest BCUT2D eigenvalue weighted by molar-refractivity contribution is -0.134. The van der Waals surface area contributed by atoms with Gasteiger partial charge in [-0.15, -0.1) is 10.2 Å². The molecule has 0 radical (unpaired) electrons. The molecule has 2 aliphatic heterocycles. The number of benzene rings is 1. The van der Waals surface area contributed by atoms with Crippen LogP contribution in [0.4, 0.5) is 0 Å². The molecule has 2 atom stereocenters. The Morgan fingerprint density at radius 3 is 2.80 bits per heavy atom. The van der Waals surface area contributed by atoms with Crippen molar-refractivity contribution in [2.45, 2.75) is 31.6 Å². The Balaban J connectivity index is 1.28. The summed E-state index contributed by atoms with van der Waals surface area (Å²) in [5.74, 6) is 1.53. The predicted molar refractivity (Wildman–Crippen MR) is 113 cm³/mol. The monoisotopic (exact) mass is 443 g/mol. The molecule has 3 aromatic rings. The second-order valence-electron chi connectivity index (χ2n) is 7.36. The molecule has 0 saturated carbocycles. The zero-order valence-corrected chi connectivity index (χ0v) is 17.4. The van der Waals surface area contributed by atoms with E-state index in [2.05, 4.69) is 26.0 Å². The Kier molecular flexibility index (Phi) is 5.16. The lowest BCUT2D eigenvalue weighted by Gasteiger charge is -2.29. The molecule has 2 N–H and O–H groups in total. The highest BCUT2D eigenvalue weighted by molar-refractivity contribution is 6.35. The van der Waals surface area contributed by atoms with Crippen molar-refractivity contribution in [2.75, 3.05) is 6.54 Å². The first-order valence-electron chi connectivity index (χ1n) is 9.68. The molecule has 0 aliphatic carbocycles. The molecule has 8 nitrogen and oxygen atoms in total. The van der Waals surface area contributed by atoms with Crippen LogP contribution < -0.4 is 10.9 Å². The number of hydrazine groups is 1. The SMILES string of the molecule is O=C(C1CC(c2ccc(Cl)cc2Cl)NN1)N1CCn2c(nnc2-c2ccccn2)C1. The smallest absolute Gasteiger partial charge is 0.241 e. The van der Waals surface area contributed by atoms with Crippen molar-refractivity contribution in [3.8, 4) is 11.5 Å². The molecule has 2 aliphatic rings. The fourth-order valence-electron chi connectivity index (χ4n) is 3.96. The van der Waals surface area contributed by atoms with Gasteiger partial charge in [-0.05, 0) is 36.2 Å². The molecule has 154 valence electrons. The molecular weight excluding hydrogens is 425 g/mol. The van der Waals surface area contributed by atoms with Crippen LogP contribution in [0, 0.1) is 0 Å². The molecule has 2 aromatic heterocycles. The van der Waals surface area contributed by atoms with E-state index in [1.54, 1.807) is 18.3 Å². The van der Waals surface area contributed by atoms with Crippen LogP contribution >= 0.6 is 23.2 Å². The molecule has 4 heterocycles. The van der Waals surface area contributed by atoms with Crippen LogP contribution in [-0.4, -0.2) is 43.1 Å². The summed E-state index contributed by atoms with van der Waals surface area (Å²) in [7, 11) is 0. The molecule has 5 rings (SSSR count). The Hall–Kier alpha value is -2.52. The number of pyridine rings is 1. The molecule has 1 amide bonds. The van der Waals surface area contributed by atoms with Gasteiger partial charge in [-0.1, -0.05) is 35.3 Å². The summed E-state index contributed by atoms with van der Waals surface area (Å²) in [5.41, 5.74) is 7.99. The number of carbonyl (C=O) groups excluding carboxylic acids is 1. The third kappa shape index (κ3) is 3.56. The van der Waals surface area contributed by atoms with Gasteiger partial charge in [0, 0.05) is 35.4 Å². The number of halogens is 2. The second-order valence-corrected chi connectivity index (χ2v) is 8.21. The van der Waals surface area contributed by atoms with E-state index in [-0.39, 0.29) is 18.0 Å². The number of carbonyl (C=O) groups is 1. The molecule has 1 aromatic carbocycles. The summed E-state index contributed by atoms with van der Waals surface area (Å²) >= 11 is 12.3. The van der Waals surface area contributed by atoms with Crippen LogP contribution in [0.2, 0.25) is 10.0 Å². The highest BCUT2D eigenvalue weighted by atomic mass is 35.5. The first kappa shape index (κ1) is 19.4. The van der Waals surface area contributed by atoms with Gasteiger partial charge in [0.1, 0.15) is 11.7 Å². The largest absolute Gasteiger partial charge is 0.332 e. The number of nitrogens with zero attached hydrogens (tertiary/aromatic N) is 5. The fourth-order valence-corrected chi connectivity index (χ4v) is 4.50. The van der Waals surface area contributed by atoms with Crippen LogP contribution in [-0.2, 0) is 17.9 Å². The van der Waals surface area contributed by atoms with Crippen molar-refractivity contribution in [3.05, 3.63) is 64.0 Å². The average molecular weight is 444 g/mol. The molecule has 30 heavy (non-hydrogen) atoms. The Morgan fingerprint density at radius 1 is 1.10 bits per heavy atom. The van der Waals surface area contributed by atoms with Crippen LogP contribution in [0.15, 0.2) is 42.6 Å². The van der Waals surface area contributed by atoms with E-state index in [0.717, 1.165) is 22.9 Å². The summed E-state index contributed by atoms with van der Waals surface area (Å²) in [6.45, 7) is 1.64. The summed E-state index contributed by atoms with van der Waals surface area (Å²) in [5, 5.41) is 9.75. The van der Waals surface area contributed by atoms with E-state index in [0.29, 0.717) is 36.1 Å². The standard InChI is InChI=1S/C20H19Cl2N7O/c21-12-4-5-13(14(22)9-12)16-10-17(25-24-16)20(30)28-7-8-29-18(11-28)26-27-19(29)15-3-1-2-6-23-15/h1-6,9,16-17,24-25H,7-8,10-11H2. The number of amides is 1.